The van der Waals surface area contributed by atoms with Crippen LogP contribution in [0.1, 0.15) is 67.4 Å². The molecule has 4 aromatic rings. The Morgan fingerprint density at radius 2 is 1.05 bits per heavy atom. The van der Waals surface area contributed by atoms with Crippen molar-refractivity contribution in [2.75, 3.05) is 0 Å². The predicted molar refractivity (Wildman–Crippen MR) is 152 cm³/mol. The Kier molecular flexibility index (Phi) is 6.27. The molecular formula is C34H35N3. The summed E-state index contributed by atoms with van der Waals surface area (Å²) in [5, 5.41) is 4.13. The van der Waals surface area contributed by atoms with E-state index in [1.54, 1.807) is 0 Å². The SMILES string of the molecule is CC(C)(C)C1=N[C@H](c2ccccc2)N2[C@@H](c3ccccc3)N[C@@H](c3ccccc3)[C@H]1[C@H]2c1ccccc1. The Balaban J connectivity index is 1.64. The van der Waals surface area contributed by atoms with Gasteiger partial charge in [-0.25, -0.2) is 0 Å². The smallest absolute Gasteiger partial charge is 0.130 e. The molecule has 0 spiro atoms. The van der Waals surface area contributed by atoms with Crippen molar-refractivity contribution in [1.82, 2.24) is 10.2 Å². The second-order valence-corrected chi connectivity index (χ2v) is 11.2. The number of hydrogen-bond donors (Lipinski definition) is 1. The van der Waals surface area contributed by atoms with Crippen LogP contribution in [-0.2, 0) is 0 Å². The van der Waals surface area contributed by atoms with Crippen LogP contribution in [0.5, 0.6) is 0 Å². The number of fused-ring (bicyclic) bond motifs is 2. The fourth-order valence-corrected chi connectivity index (χ4v) is 6.24. The zero-order valence-corrected chi connectivity index (χ0v) is 21.8. The Morgan fingerprint density at radius 1 is 0.595 bits per heavy atom. The van der Waals surface area contributed by atoms with E-state index in [1.165, 1.54) is 28.0 Å². The van der Waals surface area contributed by atoms with Crippen molar-refractivity contribution in [3.05, 3.63) is 144 Å². The molecule has 1 N–H and O–H groups in total. The van der Waals surface area contributed by atoms with Gasteiger partial charge in [0.2, 0.25) is 0 Å². The molecule has 0 amide bonds. The van der Waals surface area contributed by atoms with Gasteiger partial charge in [-0.15, -0.1) is 0 Å². The number of rotatable bonds is 4. The van der Waals surface area contributed by atoms with Gasteiger partial charge in [-0.05, 0) is 22.3 Å². The maximum Gasteiger partial charge on any atom is 0.130 e. The van der Waals surface area contributed by atoms with Crippen LogP contribution in [0.25, 0.3) is 0 Å². The first-order valence-electron chi connectivity index (χ1n) is 13.3. The Bertz CT molecular complexity index is 1340. The molecule has 2 aliphatic heterocycles. The minimum atomic E-state index is -0.0914. The number of nitrogens with zero attached hydrogens (tertiary/aromatic N) is 2. The first-order chi connectivity index (χ1) is 18.0. The molecule has 1 saturated heterocycles. The first kappa shape index (κ1) is 23.8. The van der Waals surface area contributed by atoms with Gasteiger partial charge in [0.05, 0.1) is 6.17 Å². The fraction of sp³-hybridized carbons (Fsp3) is 0.265. The van der Waals surface area contributed by atoms with Crippen LogP contribution in [0.3, 0.4) is 0 Å². The van der Waals surface area contributed by atoms with Crippen molar-refractivity contribution in [2.45, 2.75) is 45.2 Å². The van der Waals surface area contributed by atoms with Crippen molar-refractivity contribution < 1.29 is 0 Å². The fourth-order valence-electron chi connectivity index (χ4n) is 6.24. The topological polar surface area (TPSA) is 27.6 Å². The molecule has 0 radical (unpaired) electrons. The Morgan fingerprint density at radius 3 is 1.57 bits per heavy atom. The van der Waals surface area contributed by atoms with Crippen molar-refractivity contribution >= 4 is 5.71 Å². The van der Waals surface area contributed by atoms with Crippen molar-refractivity contribution in [2.24, 2.45) is 16.3 Å². The lowest BCUT2D eigenvalue weighted by molar-refractivity contribution is -0.0293. The highest BCUT2D eigenvalue weighted by Gasteiger charge is 2.53. The monoisotopic (exact) mass is 485 g/mol. The normalized spacial score (nSPS) is 27.4. The van der Waals surface area contributed by atoms with E-state index >= 15 is 0 Å². The van der Waals surface area contributed by atoms with E-state index < -0.39 is 0 Å². The van der Waals surface area contributed by atoms with Gasteiger partial charge >= 0.3 is 0 Å². The molecule has 186 valence electrons. The van der Waals surface area contributed by atoms with Crippen LogP contribution in [0.2, 0.25) is 0 Å². The summed E-state index contributed by atoms with van der Waals surface area (Å²) < 4.78 is 0. The molecule has 0 saturated carbocycles. The number of benzene rings is 4. The summed E-state index contributed by atoms with van der Waals surface area (Å²) in [6.07, 6.45) is -0.0883. The van der Waals surface area contributed by atoms with E-state index in [1.807, 2.05) is 0 Å². The van der Waals surface area contributed by atoms with Gasteiger partial charge < -0.3 is 0 Å². The summed E-state index contributed by atoms with van der Waals surface area (Å²) in [5.74, 6) is 0.185. The minimum Gasteiger partial charge on any atom is -0.290 e. The quantitative estimate of drug-likeness (QED) is 0.318. The van der Waals surface area contributed by atoms with Crippen LogP contribution in [0, 0.1) is 11.3 Å². The molecule has 2 aliphatic rings. The number of nitrogens with one attached hydrogen (secondary N) is 1. The van der Waals surface area contributed by atoms with Crippen LogP contribution < -0.4 is 5.32 Å². The van der Waals surface area contributed by atoms with E-state index in [2.05, 4.69) is 152 Å². The standard InChI is InChI=1S/C34H35N3/c1-34(2,3)31-28-29(24-16-8-4-9-17-24)35-32(26-20-12-6-13-21-26)37(30(28)25-18-10-5-11-19-25)33(36-31)27-22-14-7-15-23-27/h4-23,28-30,32-33,35H,1-3H3/t28-,29-,30+,32-,33-/m0/s1. The van der Waals surface area contributed by atoms with Gasteiger partial charge in [-0.3, -0.25) is 15.2 Å². The van der Waals surface area contributed by atoms with E-state index in [4.69, 9.17) is 4.99 Å². The molecule has 2 bridgehead atoms. The summed E-state index contributed by atoms with van der Waals surface area (Å²) in [5.41, 5.74) is 6.34. The summed E-state index contributed by atoms with van der Waals surface area (Å²) in [6.45, 7) is 6.95. The van der Waals surface area contributed by atoms with E-state index in [0.717, 1.165) is 0 Å². The molecule has 3 nitrogen and oxygen atoms in total. The summed E-state index contributed by atoms with van der Waals surface area (Å²) >= 11 is 0. The molecule has 0 aliphatic carbocycles. The molecule has 2 heterocycles. The third-order valence-electron chi connectivity index (χ3n) is 7.80. The lowest BCUT2D eigenvalue weighted by Gasteiger charge is -2.57. The molecular weight excluding hydrogens is 450 g/mol. The number of hydrogen-bond acceptors (Lipinski definition) is 3. The van der Waals surface area contributed by atoms with Gasteiger partial charge in [-0.1, -0.05) is 142 Å². The highest BCUT2D eigenvalue weighted by molar-refractivity contribution is 5.94. The second kappa shape index (κ2) is 9.74. The van der Waals surface area contributed by atoms with Gasteiger partial charge in [0.1, 0.15) is 6.17 Å². The maximum absolute atomic E-state index is 5.64. The molecule has 37 heavy (non-hydrogen) atoms. The van der Waals surface area contributed by atoms with Crippen molar-refractivity contribution in [1.29, 1.82) is 0 Å². The average molecular weight is 486 g/mol. The zero-order valence-electron chi connectivity index (χ0n) is 21.8. The van der Waals surface area contributed by atoms with E-state index in [9.17, 15) is 0 Å². The molecule has 3 heteroatoms. The van der Waals surface area contributed by atoms with Crippen LogP contribution in [-0.4, -0.2) is 10.6 Å². The van der Waals surface area contributed by atoms with Crippen LogP contribution >= 0.6 is 0 Å². The largest absolute Gasteiger partial charge is 0.290 e. The predicted octanol–water partition coefficient (Wildman–Crippen LogP) is 7.89. The molecule has 4 aromatic carbocycles. The van der Waals surface area contributed by atoms with E-state index in [0.29, 0.717) is 0 Å². The molecule has 6 atom stereocenters. The summed E-state index contributed by atoms with van der Waals surface area (Å²) in [4.78, 5) is 8.26. The number of aliphatic imine (C=N–C) groups is 1. The van der Waals surface area contributed by atoms with Crippen molar-refractivity contribution in [3.8, 4) is 0 Å². The first-order valence-corrected chi connectivity index (χ1v) is 13.3. The summed E-state index contributed by atoms with van der Waals surface area (Å²) in [6, 6.07) is 44.0. The van der Waals surface area contributed by atoms with Gasteiger partial charge in [-0.2, -0.15) is 0 Å². The maximum atomic E-state index is 5.64. The third kappa shape index (κ3) is 4.43. The molecule has 1 unspecified atom stereocenters. The highest BCUT2D eigenvalue weighted by atomic mass is 15.4. The summed E-state index contributed by atoms with van der Waals surface area (Å²) in [7, 11) is 0. The molecule has 0 aromatic heterocycles. The van der Waals surface area contributed by atoms with Gasteiger partial charge in [0.15, 0.2) is 0 Å². The van der Waals surface area contributed by atoms with Gasteiger partial charge in [0.25, 0.3) is 0 Å². The Labute approximate surface area is 220 Å². The Hall–Kier alpha value is -3.53. The lowest BCUT2D eigenvalue weighted by atomic mass is 9.68. The van der Waals surface area contributed by atoms with Crippen LogP contribution in [0.4, 0.5) is 0 Å². The highest BCUT2D eigenvalue weighted by Crippen LogP contribution is 2.55. The van der Waals surface area contributed by atoms with E-state index in [-0.39, 0.29) is 35.7 Å². The minimum absolute atomic E-state index is 0.00309. The van der Waals surface area contributed by atoms with Crippen molar-refractivity contribution in [3.63, 3.8) is 0 Å². The lowest BCUT2D eigenvalue weighted by Crippen LogP contribution is -2.59. The van der Waals surface area contributed by atoms with Crippen LogP contribution in [0.15, 0.2) is 126 Å². The molecule has 1 fully saturated rings. The molecule has 6 rings (SSSR count). The average Bonchev–Trinajstić information content (AvgIpc) is 2.94. The third-order valence-corrected chi connectivity index (χ3v) is 7.80. The second-order valence-electron chi connectivity index (χ2n) is 11.2. The zero-order chi connectivity index (χ0) is 25.4. The van der Waals surface area contributed by atoms with Gasteiger partial charge in [0, 0.05) is 29.1 Å².